The fourth-order valence-electron chi connectivity index (χ4n) is 2.84. The number of rotatable bonds is 5. The van der Waals surface area contributed by atoms with E-state index in [1.807, 2.05) is 4.90 Å². The second-order valence-electron chi connectivity index (χ2n) is 6.93. The molecule has 114 valence electrons. The predicted molar refractivity (Wildman–Crippen MR) is 79.0 cm³/mol. The Morgan fingerprint density at radius 1 is 1.20 bits per heavy atom. The molecule has 4 heteroatoms. The first-order chi connectivity index (χ1) is 9.49. The van der Waals surface area contributed by atoms with Crippen molar-refractivity contribution in [2.24, 2.45) is 23.7 Å². The molecule has 2 amide bonds. The van der Waals surface area contributed by atoms with Crippen LogP contribution in [0.4, 0.5) is 0 Å². The summed E-state index contributed by atoms with van der Waals surface area (Å²) in [4.78, 5) is 26.2. The molecule has 1 N–H and O–H groups in total. The fraction of sp³-hybridized carbons (Fsp3) is 0.875. The van der Waals surface area contributed by atoms with Crippen molar-refractivity contribution < 1.29 is 9.59 Å². The van der Waals surface area contributed by atoms with Crippen molar-refractivity contribution in [1.29, 1.82) is 0 Å². The van der Waals surface area contributed by atoms with E-state index < -0.39 is 0 Å². The number of likely N-dealkylation sites (tertiary alicyclic amines) is 1. The van der Waals surface area contributed by atoms with Gasteiger partial charge in [0.05, 0.1) is 11.8 Å². The molecule has 2 atom stereocenters. The fourth-order valence-corrected chi connectivity index (χ4v) is 2.84. The summed E-state index contributed by atoms with van der Waals surface area (Å²) in [5, 5.41) is 2.96. The van der Waals surface area contributed by atoms with E-state index in [-0.39, 0.29) is 23.7 Å². The van der Waals surface area contributed by atoms with Gasteiger partial charge >= 0.3 is 0 Å². The van der Waals surface area contributed by atoms with Crippen LogP contribution < -0.4 is 5.32 Å². The lowest BCUT2D eigenvalue weighted by Gasteiger charge is -2.30. The van der Waals surface area contributed by atoms with Gasteiger partial charge in [0.15, 0.2) is 0 Å². The van der Waals surface area contributed by atoms with Crippen LogP contribution in [0.25, 0.3) is 0 Å². The van der Waals surface area contributed by atoms with Gasteiger partial charge in [-0.3, -0.25) is 9.59 Å². The number of nitrogens with one attached hydrogen (secondary N) is 1. The monoisotopic (exact) mass is 280 g/mol. The summed E-state index contributed by atoms with van der Waals surface area (Å²) in [7, 11) is 0. The molecular formula is C16H28N2O2. The maximum atomic E-state index is 12.3. The molecule has 1 aliphatic heterocycles. The Morgan fingerprint density at radius 3 is 2.45 bits per heavy atom. The number of amides is 2. The van der Waals surface area contributed by atoms with Gasteiger partial charge < -0.3 is 10.2 Å². The second-order valence-corrected chi connectivity index (χ2v) is 6.93. The summed E-state index contributed by atoms with van der Waals surface area (Å²) in [5.41, 5.74) is 0. The van der Waals surface area contributed by atoms with E-state index >= 15 is 0 Å². The van der Waals surface area contributed by atoms with Gasteiger partial charge in [-0.15, -0.1) is 0 Å². The molecule has 0 bridgehead atoms. The molecule has 2 unspecified atom stereocenters. The summed E-state index contributed by atoms with van der Waals surface area (Å²) in [6, 6.07) is 0. The molecule has 0 aromatic carbocycles. The highest BCUT2D eigenvalue weighted by Gasteiger charge is 2.49. The van der Waals surface area contributed by atoms with E-state index in [1.165, 1.54) is 0 Å². The molecule has 1 saturated heterocycles. The Bertz CT molecular complexity index is 359. The molecule has 20 heavy (non-hydrogen) atoms. The molecule has 2 fully saturated rings. The van der Waals surface area contributed by atoms with Gasteiger partial charge in [0.2, 0.25) is 11.8 Å². The van der Waals surface area contributed by atoms with E-state index in [0.717, 1.165) is 51.2 Å². The van der Waals surface area contributed by atoms with Gasteiger partial charge in [-0.2, -0.15) is 0 Å². The third kappa shape index (κ3) is 3.97. The molecule has 0 aromatic heterocycles. The van der Waals surface area contributed by atoms with Crippen LogP contribution in [0.2, 0.25) is 0 Å². The summed E-state index contributed by atoms with van der Waals surface area (Å²) < 4.78 is 0. The number of hydrogen-bond acceptors (Lipinski definition) is 2. The lowest BCUT2D eigenvalue weighted by molar-refractivity contribution is -0.135. The van der Waals surface area contributed by atoms with E-state index in [1.54, 1.807) is 0 Å². The summed E-state index contributed by atoms with van der Waals surface area (Å²) in [6.45, 7) is 9.01. The predicted octanol–water partition coefficient (Wildman–Crippen LogP) is 2.04. The van der Waals surface area contributed by atoms with E-state index in [0.29, 0.717) is 5.92 Å². The van der Waals surface area contributed by atoms with Crippen molar-refractivity contribution in [2.45, 2.75) is 46.5 Å². The zero-order valence-electron chi connectivity index (χ0n) is 13.0. The average Bonchev–Trinajstić information content (AvgIpc) is 3.18. The molecule has 1 heterocycles. The van der Waals surface area contributed by atoms with Crippen molar-refractivity contribution in [3.05, 3.63) is 0 Å². The second kappa shape index (κ2) is 6.59. The van der Waals surface area contributed by atoms with E-state index in [4.69, 9.17) is 0 Å². The van der Waals surface area contributed by atoms with Gasteiger partial charge in [-0.1, -0.05) is 20.8 Å². The number of carbonyl (C=O) groups is 2. The zero-order valence-corrected chi connectivity index (χ0v) is 13.0. The maximum absolute atomic E-state index is 12.3. The average molecular weight is 280 g/mol. The quantitative estimate of drug-likeness (QED) is 0.838. The zero-order chi connectivity index (χ0) is 14.7. The first kappa shape index (κ1) is 15.3. The van der Waals surface area contributed by atoms with Crippen molar-refractivity contribution >= 4 is 11.8 Å². The Labute approximate surface area is 122 Å². The molecular weight excluding hydrogens is 252 g/mol. The molecule has 0 aromatic rings. The Hall–Kier alpha value is -1.06. The topological polar surface area (TPSA) is 49.4 Å². The Kier molecular flexibility index (Phi) is 5.06. The number of piperidine rings is 1. The molecule has 2 aliphatic rings. The summed E-state index contributed by atoms with van der Waals surface area (Å²) in [6.07, 6.45) is 3.95. The standard InChI is InChI=1S/C16H28N2O2/c1-11(2)4-7-17-15(19)13-10-14(13)16(20)18-8-5-12(3)6-9-18/h11-14H,4-10H2,1-3H3,(H,17,19). The normalized spacial score (nSPS) is 26.7. The first-order valence-electron chi connectivity index (χ1n) is 8.05. The van der Waals surface area contributed by atoms with Crippen molar-refractivity contribution in [2.75, 3.05) is 19.6 Å². The van der Waals surface area contributed by atoms with Crippen molar-refractivity contribution in [3.63, 3.8) is 0 Å². The Balaban J connectivity index is 1.71. The number of hydrogen-bond donors (Lipinski definition) is 1. The third-order valence-electron chi connectivity index (χ3n) is 4.56. The molecule has 1 aliphatic carbocycles. The highest BCUT2D eigenvalue weighted by Crippen LogP contribution is 2.40. The maximum Gasteiger partial charge on any atom is 0.226 e. The van der Waals surface area contributed by atoms with Crippen LogP contribution in [-0.2, 0) is 9.59 Å². The number of carbonyl (C=O) groups excluding carboxylic acids is 2. The van der Waals surface area contributed by atoms with Crippen LogP contribution in [0.15, 0.2) is 0 Å². The summed E-state index contributed by atoms with van der Waals surface area (Å²) >= 11 is 0. The lowest BCUT2D eigenvalue weighted by Crippen LogP contribution is -2.39. The SMILES string of the molecule is CC(C)CCNC(=O)C1CC1C(=O)N1CCC(C)CC1. The molecule has 0 spiro atoms. The number of nitrogens with zero attached hydrogens (tertiary/aromatic N) is 1. The van der Waals surface area contributed by atoms with Crippen LogP contribution in [0.1, 0.15) is 46.5 Å². The molecule has 4 nitrogen and oxygen atoms in total. The molecule has 2 rings (SSSR count). The molecule has 0 radical (unpaired) electrons. The largest absolute Gasteiger partial charge is 0.356 e. The van der Waals surface area contributed by atoms with E-state index in [2.05, 4.69) is 26.1 Å². The Morgan fingerprint density at radius 2 is 1.85 bits per heavy atom. The van der Waals surface area contributed by atoms with E-state index in [9.17, 15) is 9.59 Å². The first-order valence-corrected chi connectivity index (χ1v) is 8.05. The highest BCUT2D eigenvalue weighted by molar-refractivity contribution is 5.92. The summed E-state index contributed by atoms with van der Waals surface area (Å²) in [5.74, 6) is 1.52. The van der Waals surface area contributed by atoms with Crippen LogP contribution in [0, 0.1) is 23.7 Å². The van der Waals surface area contributed by atoms with Gasteiger partial charge in [-0.05, 0) is 37.5 Å². The van der Waals surface area contributed by atoms with Gasteiger partial charge in [-0.25, -0.2) is 0 Å². The van der Waals surface area contributed by atoms with Crippen LogP contribution in [0.3, 0.4) is 0 Å². The van der Waals surface area contributed by atoms with Crippen molar-refractivity contribution in [3.8, 4) is 0 Å². The minimum Gasteiger partial charge on any atom is -0.356 e. The minimum absolute atomic E-state index is 0.0394. The third-order valence-corrected chi connectivity index (χ3v) is 4.56. The smallest absolute Gasteiger partial charge is 0.226 e. The molecule has 1 saturated carbocycles. The van der Waals surface area contributed by atoms with Crippen LogP contribution >= 0.6 is 0 Å². The van der Waals surface area contributed by atoms with Gasteiger partial charge in [0, 0.05) is 19.6 Å². The van der Waals surface area contributed by atoms with Crippen LogP contribution in [0.5, 0.6) is 0 Å². The van der Waals surface area contributed by atoms with Gasteiger partial charge in [0.25, 0.3) is 0 Å². The lowest BCUT2D eigenvalue weighted by atomic mass is 9.99. The minimum atomic E-state index is -0.0611. The van der Waals surface area contributed by atoms with Gasteiger partial charge in [0.1, 0.15) is 0 Å². The van der Waals surface area contributed by atoms with Crippen molar-refractivity contribution in [1.82, 2.24) is 10.2 Å². The van der Waals surface area contributed by atoms with Crippen LogP contribution in [-0.4, -0.2) is 36.3 Å². The highest BCUT2D eigenvalue weighted by atomic mass is 16.2.